The summed E-state index contributed by atoms with van der Waals surface area (Å²) in [6.07, 6.45) is 5.39. The lowest BCUT2D eigenvalue weighted by Crippen LogP contribution is -2.12. The van der Waals surface area contributed by atoms with E-state index in [2.05, 4.69) is 10.3 Å². The van der Waals surface area contributed by atoms with Crippen LogP contribution < -0.4 is 10.1 Å². The summed E-state index contributed by atoms with van der Waals surface area (Å²) in [6, 6.07) is 10.9. The number of nitrogens with zero attached hydrogens (tertiary/aromatic N) is 2. The van der Waals surface area contributed by atoms with Gasteiger partial charge in [-0.1, -0.05) is 0 Å². The number of pyridine rings is 1. The van der Waals surface area contributed by atoms with E-state index in [1.165, 1.54) is 0 Å². The number of aromatic nitrogens is 2. The number of anilines is 1. The zero-order valence-electron chi connectivity index (χ0n) is 12.5. The molecule has 0 aliphatic heterocycles. The molecule has 0 aliphatic carbocycles. The van der Waals surface area contributed by atoms with Gasteiger partial charge < -0.3 is 14.5 Å². The van der Waals surface area contributed by atoms with Gasteiger partial charge in [-0.2, -0.15) is 0 Å². The second-order valence-corrected chi connectivity index (χ2v) is 5.26. The van der Waals surface area contributed by atoms with Gasteiger partial charge in [0.25, 0.3) is 5.91 Å². The third-order valence-electron chi connectivity index (χ3n) is 3.13. The zero-order valence-corrected chi connectivity index (χ0v) is 12.5. The maximum atomic E-state index is 12.3. The third-order valence-corrected chi connectivity index (χ3v) is 3.13. The van der Waals surface area contributed by atoms with Gasteiger partial charge in [0, 0.05) is 24.3 Å². The second kappa shape index (κ2) is 5.89. The van der Waals surface area contributed by atoms with E-state index in [9.17, 15) is 4.79 Å². The molecular weight excluding hydrogens is 278 g/mol. The van der Waals surface area contributed by atoms with Crippen molar-refractivity contribution in [3.63, 3.8) is 0 Å². The molecule has 1 amide bonds. The first-order valence-electron chi connectivity index (χ1n) is 7.12. The molecule has 1 aromatic carbocycles. The Morgan fingerprint density at radius 3 is 2.68 bits per heavy atom. The monoisotopic (exact) mass is 295 g/mol. The van der Waals surface area contributed by atoms with Crippen LogP contribution in [-0.2, 0) is 0 Å². The molecule has 1 N–H and O–H groups in total. The molecule has 0 saturated heterocycles. The first-order chi connectivity index (χ1) is 10.6. The number of benzene rings is 1. The molecule has 5 nitrogen and oxygen atoms in total. The van der Waals surface area contributed by atoms with Crippen LogP contribution in [0.5, 0.6) is 5.75 Å². The Bertz CT molecular complexity index is 791. The van der Waals surface area contributed by atoms with E-state index in [-0.39, 0.29) is 12.0 Å². The standard InChI is InChI=1S/C17H17N3O2/c1-12(2)22-15-6-4-14(5-7-15)19-17(21)13-3-8-16-18-9-10-20(16)11-13/h3-12H,1-2H3,(H,19,21). The lowest BCUT2D eigenvalue weighted by molar-refractivity contribution is 0.102. The maximum absolute atomic E-state index is 12.3. The number of imidazole rings is 1. The van der Waals surface area contributed by atoms with Crippen molar-refractivity contribution in [3.05, 3.63) is 60.6 Å². The molecule has 0 saturated carbocycles. The Morgan fingerprint density at radius 2 is 1.95 bits per heavy atom. The molecule has 5 heteroatoms. The summed E-state index contributed by atoms with van der Waals surface area (Å²) in [5.74, 6) is 0.626. The lowest BCUT2D eigenvalue weighted by atomic mass is 10.2. The number of hydrogen-bond donors (Lipinski definition) is 1. The van der Waals surface area contributed by atoms with Gasteiger partial charge in [-0.05, 0) is 50.2 Å². The average Bonchev–Trinajstić information content (AvgIpc) is 2.96. The molecule has 0 radical (unpaired) electrons. The Kier molecular flexibility index (Phi) is 3.78. The van der Waals surface area contributed by atoms with E-state index in [1.54, 1.807) is 18.5 Å². The number of rotatable bonds is 4. The molecule has 0 fully saturated rings. The number of fused-ring (bicyclic) bond motifs is 1. The molecule has 0 spiro atoms. The van der Waals surface area contributed by atoms with E-state index in [4.69, 9.17) is 4.74 Å². The molecule has 0 unspecified atom stereocenters. The van der Waals surface area contributed by atoms with Crippen LogP contribution >= 0.6 is 0 Å². The van der Waals surface area contributed by atoms with Crippen LogP contribution in [-0.4, -0.2) is 21.4 Å². The highest BCUT2D eigenvalue weighted by Crippen LogP contribution is 2.17. The number of nitrogens with one attached hydrogen (secondary N) is 1. The first kappa shape index (κ1) is 14.1. The fourth-order valence-electron chi connectivity index (χ4n) is 2.15. The quantitative estimate of drug-likeness (QED) is 0.803. The van der Waals surface area contributed by atoms with Crippen LogP contribution in [0.15, 0.2) is 55.0 Å². The summed E-state index contributed by atoms with van der Waals surface area (Å²) >= 11 is 0. The van der Waals surface area contributed by atoms with Gasteiger partial charge in [0.05, 0.1) is 11.7 Å². The molecule has 3 aromatic rings. The van der Waals surface area contributed by atoms with Crippen molar-refractivity contribution >= 4 is 17.2 Å². The molecule has 2 heterocycles. The molecule has 3 rings (SSSR count). The number of hydrogen-bond acceptors (Lipinski definition) is 3. The number of ether oxygens (including phenoxy) is 1. The van der Waals surface area contributed by atoms with Crippen LogP contribution in [0.25, 0.3) is 5.65 Å². The summed E-state index contributed by atoms with van der Waals surface area (Å²) in [6.45, 7) is 3.95. The highest BCUT2D eigenvalue weighted by Gasteiger charge is 2.07. The van der Waals surface area contributed by atoms with Crippen molar-refractivity contribution in [2.75, 3.05) is 5.32 Å². The van der Waals surface area contributed by atoms with Crippen molar-refractivity contribution in [2.45, 2.75) is 20.0 Å². The van der Waals surface area contributed by atoms with E-state index < -0.39 is 0 Å². The van der Waals surface area contributed by atoms with E-state index in [0.29, 0.717) is 5.56 Å². The minimum absolute atomic E-state index is 0.127. The van der Waals surface area contributed by atoms with Crippen LogP contribution in [0, 0.1) is 0 Å². The third kappa shape index (κ3) is 3.09. The highest BCUT2D eigenvalue weighted by molar-refractivity contribution is 6.04. The maximum Gasteiger partial charge on any atom is 0.257 e. The molecule has 2 aromatic heterocycles. The number of carbonyl (C=O) groups is 1. The zero-order chi connectivity index (χ0) is 15.5. The smallest absolute Gasteiger partial charge is 0.257 e. The summed E-state index contributed by atoms with van der Waals surface area (Å²) in [5, 5.41) is 2.87. The molecule has 0 atom stereocenters. The lowest BCUT2D eigenvalue weighted by Gasteiger charge is -2.10. The van der Waals surface area contributed by atoms with Gasteiger partial charge in [-0.3, -0.25) is 4.79 Å². The number of carbonyl (C=O) groups excluding carboxylic acids is 1. The normalized spacial score (nSPS) is 10.9. The molecular formula is C17H17N3O2. The van der Waals surface area contributed by atoms with E-state index in [1.807, 2.05) is 54.8 Å². The summed E-state index contributed by atoms with van der Waals surface area (Å²) in [5.41, 5.74) is 2.12. The van der Waals surface area contributed by atoms with Crippen LogP contribution in [0.2, 0.25) is 0 Å². The van der Waals surface area contributed by atoms with Crippen molar-refractivity contribution in [3.8, 4) is 5.75 Å². The average molecular weight is 295 g/mol. The Morgan fingerprint density at radius 1 is 1.18 bits per heavy atom. The van der Waals surface area contributed by atoms with Gasteiger partial charge in [0.2, 0.25) is 0 Å². The fraction of sp³-hybridized carbons (Fsp3) is 0.176. The van der Waals surface area contributed by atoms with E-state index >= 15 is 0 Å². The van der Waals surface area contributed by atoms with Crippen LogP contribution in [0.3, 0.4) is 0 Å². The predicted octanol–water partition coefficient (Wildman–Crippen LogP) is 3.37. The van der Waals surface area contributed by atoms with Gasteiger partial charge in [-0.15, -0.1) is 0 Å². The van der Waals surface area contributed by atoms with Crippen molar-refractivity contribution < 1.29 is 9.53 Å². The highest BCUT2D eigenvalue weighted by atomic mass is 16.5. The molecule has 112 valence electrons. The predicted molar refractivity (Wildman–Crippen MR) is 85.4 cm³/mol. The fourth-order valence-corrected chi connectivity index (χ4v) is 2.15. The largest absolute Gasteiger partial charge is 0.491 e. The van der Waals surface area contributed by atoms with E-state index in [0.717, 1.165) is 17.1 Å². The minimum atomic E-state index is -0.159. The molecule has 0 bridgehead atoms. The second-order valence-electron chi connectivity index (χ2n) is 5.26. The van der Waals surface area contributed by atoms with Gasteiger partial charge in [0.1, 0.15) is 11.4 Å². The van der Waals surface area contributed by atoms with Crippen LogP contribution in [0.4, 0.5) is 5.69 Å². The van der Waals surface area contributed by atoms with Gasteiger partial charge in [-0.25, -0.2) is 4.98 Å². The van der Waals surface area contributed by atoms with Gasteiger partial charge >= 0.3 is 0 Å². The van der Waals surface area contributed by atoms with Crippen molar-refractivity contribution in [1.29, 1.82) is 0 Å². The SMILES string of the molecule is CC(C)Oc1ccc(NC(=O)c2ccc3nccn3c2)cc1. The summed E-state index contributed by atoms with van der Waals surface area (Å²) < 4.78 is 7.39. The van der Waals surface area contributed by atoms with Crippen molar-refractivity contribution in [2.24, 2.45) is 0 Å². The number of amides is 1. The summed E-state index contributed by atoms with van der Waals surface area (Å²) in [7, 11) is 0. The Hall–Kier alpha value is -2.82. The molecule has 22 heavy (non-hydrogen) atoms. The minimum Gasteiger partial charge on any atom is -0.491 e. The van der Waals surface area contributed by atoms with Crippen molar-refractivity contribution in [1.82, 2.24) is 9.38 Å². The summed E-state index contributed by atoms with van der Waals surface area (Å²) in [4.78, 5) is 16.4. The van der Waals surface area contributed by atoms with Gasteiger partial charge in [0.15, 0.2) is 0 Å². The molecule has 0 aliphatic rings. The topological polar surface area (TPSA) is 55.6 Å². The van der Waals surface area contributed by atoms with Crippen LogP contribution in [0.1, 0.15) is 24.2 Å². The Balaban J connectivity index is 1.73. The Labute approximate surface area is 128 Å². The first-order valence-corrected chi connectivity index (χ1v) is 7.12.